The van der Waals surface area contributed by atoms with Crippen LogP contribution in [0.5, 0.6) is 0 Å². The van der Waals surface area contributed by atoms with E-state index >= 15 is 0 Å². The van der Waals surface area contributed by atoms with Gasteiger partial charge in [-0.05, 0) is 25.0 Å². The molecule has 0 unspecified atom stereocenters. The van der Waals surface area contributed by atoms with E-state index in [1.165, 1.54) is 11.3 Å². The molecule has 0 aliphatic carbocycles. The molecule has 1 aromatic carbocycles. The van der Waals surface area contributed by atoms with Crippen LogP contribution in [0, 0.1) is 11.3 Å². The highest BCUT2D eigenvalue weighted by atomic mass is 15.1. The van der Waals surface area contributed by atoms with Crippen LogP contribution in [0.25, 0.3) is 0 Å². The van der Waals surface area contributed by atoms with Crippen molar-refractivity contribution in [2.45, 2.75) is 32.7 Å². The van der Waals surface area contributed by atoms with E-state index in [0.29, 0.717) is 6.42 Å². The summed E-state index contributed by atoms with van der Waals surface area (Å²) in [7, 11) is 0. The van der Waals surface area contributed by atoms with Gasteiger partial charge in [0.15, 0.2) is 0 Å². The third-order valence-electron chi connectivity index (χ3n) is 2.99. The van der Waals surface area contributed by atoms with Crippen molar-refractivity contribution < 1.29 is 0 Å². The monoisotopic (exact) mass is 231 g/mol. The molecular formula is C14H21N3. The standard InChI is InChI=1S/C14H21N3/c1-3-13(16)12-8-5-6-9-14(12)17(4-2)11-7-10-15/h5-6,8-9,13H,3-4,7,11,16H2,1-2H3/t13-/m1/s1. The molecule has 0 aliphatic heterocycles. The van der Waals surface area contributed by atoms with E-state index in [9.17, 15) is 0 Å². The summed E-state index contributed by atoms with van der Waals surface area (Å²) in [5.41, 5.74) is 8.47. The average Bonchev–Trinajstić information content (AvgIpc) is 2.39. The Morgan fingerprint density at radius 3 is 2.65 bits per heavy atom. The molecule has 0 heterocycles. The van der Waals surface area contributed by atoms with Crippen LogP contribution >= 0.6 is 0 Å². The molecule has 0 radical (unpaired) electrons. The Morgan fingerprint density at radius 2 is 2.06 bits per heavy atom. The molecule has 3 nitrogen and oxygen atoms in total. The largest absolute Gasteiger partial charge is 0.371 e. The van der Waals surface area contributed by atoms with Gasteiger partial charge < -0.3 is 10.6 Å². The maximum Gasteiger partial charge on any atom is 0.0640 e. The van der Waals surface area contributed by atoms with Gasteiger partial charge in [0.25, 0.3) is 0 Å². The summed E-state index contributed by atoms with van der Waals surface area (Å²) >= 11 is 0. The maximum atomic E-state index is 8.68. The van der Waals surface area contributed by atoms with Crippen molar-refractivity contribution in [1.29, 1.82) is 5.26 Å². The molecule has 1 atom stereocenters. The predicted octanol–water partition coefficient (Wildman–Crippen LogP) is 2.84. The molecule has 0 fully saturated rings. The second-order valence-electron chi connectivity index (χ2n) is 4.06. The van der Waals surface area contributed by atoms with Crippen LogP contribution in [-0.2, 0) is 0 Å². The fourth-order valence-electron chi connectivity index (χ4n) is 1.94. The molecular weight excluding hydrogens is 210 g/mol. The number of para-hydroxylation sites is 1. The fourth-order valence-corrected chi connectivity index (χ4v) is 1.94. The number of nitriles is 1. The van der Waals surface area contributed by atoms with Gasteiger partial charge in [0.2, 0.25) is 0 Å². The Morgan fingerprint density at radius 1 is 1.35 bits per heavy atom. The van der Waals surface area contributed by atoms with Crippen molar-refractivity contribution in [1.82, 2.24) is 0 Å². The van der Waals surface area contributed by atoms with Crippen LogP contribution in [0.1, 0.15) is 38.3 Å². The van der Waals surface area contributed by atoms with Gasteiger partial charge in [-0.2, -0.15) is 5.26 Å². The first-order valence-corrected chi connectivity index (χ1v) is 6.21. The summed E-state index contributed by atoms with van der Waals surface area (Å²) in [6, 6.07) is 10.5. The van der Waals surface area contributed by atoms with Crippen LogP contribution in [0.4, 0.5) is 5.69 Å². The molecule has 1 aromatic rings. The Balaban J connectivity index is 2.98. The van der Waals surface area contributed by atoms with E-state index < -0.39 is 0 Å². The summed E-state index contributed by atoms with van der Waals surface area (Å²) in [5, 5.41) is 8.68. The highest BCUT2D eigenvalue weighted by Gasteiger charge is 2.13. The van der Waals surface area contributed by atoms with Gasteiger partial charge in [-0.3, -0.25) is 0 Å². The quantitative estimate of drug-likeness (QED) is 0.819. The van der Waals surface area contributed by atoms with Crippen molar-refractivity contribution in [2.24, 2.45) is 5.73 Å². The minimum absolute atomic E-state index is 0.0716. The molecule has 3 heteroatoms. The van der Waals surface area contributed by atoms with E-state index in [1.54, 1.807) is 0 Å². The lowest BCUT2D eigenvalue weighted by Gasteiger charge is -2.26. The van der Waals surface area contributed by atoms with Crippen LogP contribution in [0.15, 0.2) is 24.3 Å². The molecule has 92 valence electrons. The number of hydrogen-bond donors (Lipinski definition) is 1. The summed E-state index contributed by atoms with van der Waals surface area (Å²) in [6.07, 6.45) is 1.47. The number of hydrogen-bond acceptors (Lipinski definition) is 3. The molecule has 0 saturated heterocycles. The number of nitrogens with zero attached hydrogens (tertiary/aromatic N) is 2. The fraction of sp³-hybridized carbons (Fsp3) is 0.500. The average molecular weight is 231 g/mol. The van der Waals surface area contributed by atoms with Crippen LogP contribution in [-0.4, -0.2) is 13.1 Å². The minimum Gasteiger partial charge on any atom is -0.371 e. The summed E-state index contributed by atoms with van der Waals surface area (Å²) < 4.78 is 0. The van der Waals surface area contributed by atoms with E-state index in [2.05, 4.69) is 36.9 Å². The Bertz CT molecular complexity index is 381. The molecule has 0 aliphatic rings. The first-order valence-electron chi connectivity index (χ1n) is 6.21. The SMILES string of the molecule is CC[C@@H](N)c1ccccc1N(CC)CCC#N. The number of anilines is 1. The van der Waals surface area contributed by atoms with Gasteiger partial charge in [0, 0.05) is 24.8 Å². The molecule has 2 N–H and O–H groups in total. The van der Waals surface area contributed by atoms with Crippen molar-refractivity contribution in [3.63, 3.8) is 0 Å². The van der Waals surface area contributed by atoms with Gasteiger partial charge in [-0.15, -0.1) is 0 Å². The topological polar surface area (TPSA) is 53.0 Å². The summed E-state index contributed by atoms with van der Waals surface area (Å²) in [4.78, 5) is 2.22. The molecule has 0 bridgehead atoms. The van der Waals surface area contributed by atoms with Crippen molar-refractivity contribution in [3.05, 3.63) is 29.8 Å². The van der Waals surface area contributed by atoms with E-state index in [0.717, 1.165) is 19.5 Å². The Kier molecular flexibility index (Phi) is 5.51. The van der Waals surface area contributed by atoms with Crippen LogP contribution in [0.2, 0.25) is 0 Å². The Labute approximate surface area is 104 Å². The van der Waals surface area contributed by atoms with E-state index in [1.807, 2.05) is 12.1 Å². The van der Waals surface area contributed by atoms with Gasteiger partial charge >= 0.3 is 0 Å². The molecule has 1 rings (SSSR count). The lowest BCUT2D eigenvalue weighted by molar-refractivity contribution is 0.690. The van der Waals surface area contributed by atoms with Gasteiger partial charge in [0.05, 0.1) is 12.5 Å². The maximum absolute atomic E-state index is 8.68. The zero-order chi connectivity index (χ0) is 12.7. The lowest BCUT2D eigenvalue weighted by Crippen LogP contribution is -2.26. The van der Waals surface area contributed by atoms with E-state index in [4.69, 9.17) is 11.0 Å². The van der Waals surface area contributed by atoms with Crippen molar-refractivity contribution >= 4 is 5.69 Å². The predicted molar refractivity (Wildman–Crippen MR) is 71.8 cm³/mol. The number of nitrogens with two attached hydrogens (primary N) is 1. The summed E-state index contributed by atoms with van der Waals surface area (Å²) in [5.74, 6) is 0. The highest BCUT2D eigenvalue weighted by molar-refractivity contribution is 5.55. The smallest absolute Gasteiger partial charge is 0.0640 e. The second kappa shape index (κ2) is 6.93. The molecule has 17 heavy (non-hydrogen) atoms. The third kappa shape index (κ3) is 3.47. The molecule has 0 saturated carbocycles. The van der Waals surface area contributed by atoms with Gasteiger partial charge in [-0.1, -0.05) is 25.1 Å². The second-order valence-corrected chi connectivity index (χ2v) is 4.06. The third-order valence-corrected chi connectivity index (χ3v) is 2.99. The number of benzene rings is 1. The first kappa shape index (κ1) is 13.5. The van der Waals surface area contributed by atoms with Crippen LogP contribution < -0.4 is 10.6 Å². The van der Waals surface area contributed by atoms with Gasteiger partial charge in [-0.25, -0.2) is 0 Å². The van der Waals surface area contributed by atoms with Gasteiger partial charge in [0.1, 0.15) is 0 Å². The number of rotatable bonds is 6. The molecule has 0 spiro atoms. The zero-order valence-electron chi connectivity index (χ0n) is 10.7. The van der Waals surface area contributed by atoms with Crippen LogP contribution in [0.3, 0.4) is 0 Å². The lowest BCUT2D eigenvalue weighted by atomic mass is 10.0. The zero-order valence-corrected chi connectivity index (χ0v) is 10.7. The normalized spacial score (nSPS) is 11.9. The molecule has 0 amide bonds. The van der Waals surface area contributed by atoms with Crippen molar-refractivity contribution in [2.75, 3.05) is 18.0 Å². The van der Waals surface area contributed by atoms with Crippen molar-refractivity contribution in [3.8, 4) is 6.07 Å². The highest BCUT2D eigenvalue weighted by Crippen LogP contribution is 2.26. The first-order chi connectivity index (χ1) is 8.24. The molecule has 0 aromatic heterocycles. The summed E-state index contributed by atoms with van der Waals surface area (Å²) in [6.45, 7) is 5.86. The minimum atomic E-state index is 0.0716. The van der Waals surface area contributed by atoms with E-state index in [-0.39, 0.29) is 6.04 Å². The Hall–Kier alpha value is -1.53.